The molecular formula is C11H4Cl3F3S. The van der Waals surface area contributed by atoms with Gasteiger partial charge in [-0.2, -0.15) is 0 Å². The van der Waals surface area contributed by atoms with Crippen molar-refractivity contribution in [1.82, 2.24) is 0 Å². The van der Waals surface area contributed by atoms with Crippen LogP contribution in [0.4, 0.5) is 13.2 Å². The van der Waals surface area contributed by atoms with Gasteiger partial charge in [0.25, 0.3) is 0 Å². The third kappa shape index (κ3) is 2.62. The van der Waals surface area contributed by atoms with E-state index in [2.05, 4.69) is 0 Å². The lowest BCUT2D eigenvalue weighted by atomic mass is 10.1. The van der Waals surface area contributed by atoms with Crippen LogP contribution >= 0.6 is 46.1 Å². The van der Waals surface area contributed by atoms with Crippen LogP contribution in [0, 0.1) is 17.5 Å². The molecule has 1 unspecified atom stereocenters. The zero-order valence-electron chi connectivity index (χ0n) is 8.49. The predicted octanol–water partition coefficient (Wildman–Crippen LogP) is 5.80. The summed E-state index contributed by atoms with van der Waals surface area (Å²) in [5, 5.41) is -1.03. The van der Waals surface area contributed by atoms with E-state index in [9.17, 15) is 13.2 Å². The van der Waals surface area contributed by atoms with Crippen molar-refractivity contribution in [3.63, 3.8) is 0 Å². The molecule has 0 saturated heterocycles. The van der Waals surface area contributed by atoms with Crippen molar-refractivity contribution in [3.05, 3.63) is 55.5 Å². The van der Waals surface area contributed by atoms with Crippen LogP contribution in [0.3, 0.4) is 0 Å². The first-order valence-corrected chi connectivity index (χ1v) is 6.64. The van der Waals surface area contributed by atoms with Gasteiger partial charge in [0, 0.05) is 17.2 Å². The highest BCUT2D eigenvalue weighted by molar-refractivity contribution is 7.20. The van der Waals surface area contributed by atoms with Crippen LogP contribution in [0.25, 0.3) is 0 Å². The maximum atomic E-state index is 13.5. The number of halogens is 6. The van der Waals surface area contributed by atoms with E-state index in [0.29, 0.717) is 22.0 Å². The molecule has 0 bridgehead atoms. The largest absolute Gasteiger partial charge is 0.207 e. The molecule has 0 spiro atoms. The van der Waals surface area contributed by atoms with Crippen molar-refractivity contribution in [2.45, 2.75) is 5.38 Å². The van der Waals surface area contributed by atoms with Gasteiger partial charge in [0.2, 0.25) is 0 Å². The summed E-state index contributed by atoms with van der Waals surface area (Å²) in [4.78, 5) is 0. The van der Waals surface area contributed by atoms with Crippen molar-refractivity contribution in [2.75, 3.05) is 0 Å². The number of hydrogen-bond donors (Lipinski definition) is 0. The van der Waals surface area contributed by atoms with E-state index in [1.54, 1.807) is 0 Å². The Morgan fingerprint density at radius 3 is 2.06 bits per heavy atom. The van der Waals surface area contributed by atoms with Gasteiger partial charge in [0.1, 0.15) is 5.82 Å². The van der Waals surface area contributed by atoms with Crippen LogP contribution in [0.2, 0.25) is 8.67 Å². The molecule has 1 aromatic heterocycles. The molecule has 7 heteroatoms. The van der Waals surface area contributed by atoms with Crippen molar-refractivity contribution in [3.8, 4) is 0 Å². The lowest BCUT2D eigenvalue weighted by molar-refractivity contribution is 0.490. The van der Waals surface area contributed by atoms with Gasteiger partial charge in [-0.25, -0.2) is 13.2 Å². The first kappa shape index (κ1) is 14.0. The summed E-state index contributed by atoms with van der Waals surface area (Å²) >= 11 is 18.7. The molecule has 0 saturated carbocycles. The van der Waals surface area contributed by atoms with Crippen molar-refractivity contribution in [2.24, 2.45) is 0 Å². The van der Waals surface area contributed by atoms with Gasteiger partial charge in [0.05, 0.1) is 14.0 Å². The summed E-state index contributed by atoms with van der Waals surface area (Å²) in [6.45, 7) is 0. The topological polar surface area (TPSA) is 0 Å². The van der Waals surface area contributed by atoms with Gasteiger partial charge >= 0.3 is 0 Å². The maximum absolute atomic E-state index is 13.5. The Hall–Kier alpha value is -0.420. The highest BCUT2D eigenvalue weighted by Gasteiger charge is 2.22. The molecule has 0 aliphatic heterocycles. The first-order chi connectivity index (χ1) is 8.40. The van der Waals surface area contributed by atoms with E-state index in [1.807, 2.05) is 0 Å². The average Bonchev–Trinajstić information content (AvgIpc) is 2.62. The number of thiophene rings is 1. The Morgan fingerprint density at radius 1 is 0.889 bits per heavy atom. The summed E-state index contributed by atoms with van der Waals surface area (Å²) < 4.78 is 40.1. The number of rotatable bonds is 2. The molecule has 0 aliphatic carbocycles. The number of alkyl halides is 1. The van der Waals surface area contributed by atoms with Crippen LogP contribution in [-0.2, 0) is 0 Å². The summed E-state index contributed by atoms with van der Waals surface area (Å²) in [7, 11) is 0. The second-order valence-corrected chi connectivity index (χ2v) is 6.15. The Bertz CT molecular complexity index is 597. The van der Waals surface area contributed by atoms with Crippen LogP contribution in [0.1, 0.15) is 16.5 Å². The smallest absolute Gasteiger partial charge is 0.161 e. The Morgan fingerprint density at radius 2 is 1.50 bits per heavy atom. The Kier molecular flexibility index (Phi) is 4.11. The van der Waals surface area contributed by atoms with Gasteiger partial charge in [-0.1, -0.05) is 23.2 Å². The summed E-state index contributed by atoms with van der Waals surface area (Å²) in [5.41, 5.74) is 0.171. The Labute approximate surface area is 120 Å². The van der Waals surface area contributed by atoms with Crippen molar-refractivity contribution >= 4 is 46.1 Å². The number of hydrogen-bond acceptors (Lipinski definition) is 1. The third-order valence-corrected chi connectivity index (χ3v) is 4.26. The highest BCUT2D eigenvalue weighted by Crippen LogP contribution is 2.41. The lowest BCUT2D eigenvalue weighted by Crippen LogP contribution is -1.99. The molecule has 1 atom stereocenters. The fourth-order valence-corrected chi connectivity index (χ4v) is 3.42. The van der Waals surface area contributed by atoms with Gasteiger partial charge < -0.3 is 0 Å². The predicted molar refractivity (Wildman–Crippen MR) is 68.4 cm³/mol. The number of benzene rings is 1. The standard InChI is InChI=1S/C11H4Cl3F3S/c12-9-2-5(11(14)18-9)10(13)4-1-7(16)8(17)3-6(4)15/h1-3,10H. The van der Waals surface area contributed by atoms with E-state index in [-0.39, 0.29) is 9.90 Å². The minimum atomic E-state index is -1.27. The van der Waals surface area contributed by atoms with E-state index in [1.165, 1.54) is 6.07 Å². The molecule has 0 radical (unpaired) electrons. The van der Waals surface area contributed by atoms with Gasteiger partial charge in [-0.3, -0.25) is 0 Å². The van der Waals surface area contributed by atoms with E-state index < -0.39 is 22.8 Å². The van der Waals surface area contributed by atoms with Gasteiger partial charge in [-0.15, -0.1) is 22.9 Å². The average molecular weight is 332 g/mol. The van der Waals surface area contributed by atoms with Gasteiger partial charge in [0.15, 0.2) is 11.6 Å². The molecule has 0 N–H and O–H groups in total. The molecule has 96 valence electrons. The molecule has 0 nitrogen and oxygen atoms in total. The van der Waals surface area contributed by atoms with E-state index in [0.717, 1.165) is 11.3 Å². The minimum absolute atomic E-state index is 0.188. The second kappa shape index (κ2) is 5.29. The summed E-state index contributed by atoms with van der Waals surface area (Å²) in [6.07, 6.45) is 0. The molecule has 1 heterocycles. The fourth-order valence-electron chi connectivity index (χ4n) is 1.43. The fraction of sp³-hybridized carbons (Fsp3) is 0.0909. The Balaban J connectivity index is 2.49. The molecule has 18 heavy (non-hydrogen) atoms. The monoisotopic (exact) mass is 330 g/mol. The van der Waals surface area contributed by atoms with E-state index >= 15 is 0 Å². The molecule has 1 aromatic carbocycles. The molecule has 0 fully saturated rings. The zero-order chi connectivity index (χ0) is 13.4. The maximum Gasteiger partial charge on any atom is 0.161 e. The molecule has 0 amide bonds. The second-order valence-electron chi connectivity index (χ2n) is 3.43. The normalized spacial score (nSPS) is 12.8. The van der Waals surface area contributed by atoms with Crippen LogP contribution in [0.5, 0.6) is 0 Å². The van der Waals surface area contributed by atoms with Crippen molar-refractivity contribution in [1.29, 1.82) is 0 Å². The van der Waals surface area contributed by atoms with Crippen LogP contribution < -0.4 is 0 Å². The molecule has 2 aromatic rings. The molecule has 0 aliphatic rings. The third-order valence-electron chi connectivity index (χ3n) is 2.27. The van der Waals surface area contributed by atoms with Crippen molar-refractivity contribution < 1.29 is 13.2 Å². The summed E-state index contributed by atoms with van der Waals surface area (Å²) in [6, 6.07) is 2.62. The first-order valence-electron chi connectivity index (χ1n) is 4.63. The van der Waals surface area contributed by atoms with E-state index in [4.69, 9.17) is 34.8 Å². The summed E-state index contributed by atoms with van der Waals surface area (Å²) in [5.74, 6) is -3.38. The minimum Gasteiger partial charge on any atom is -0.207 e. The molecule has 2 rings (SSSR count). The van der Waals surface area contributed by atoms with Gasteiger partial charge in [-0.05, 0) is 12.1 Å². The van der Waals surface area contributed by atoms with Crippen LogP contribution in [0.15, 0.2) is 18.2 Å². The molecular weight excluding hydrogens is 328 g/mol. The zero-order valence-corrected chi connectivity index (χ0v) is 11.6. The lowest BCUT2D eigenvalue weighted by Gasteiger charge is -2.10. The quantitative estimate of drug-likeness (QED) is 0.482. The SMILES string of the molecule is Fc1cc(F)c(C(Cl)c2cc(Cl)sc2Cl)cc1F. The highest BCUT2D eigenvalue weighted by atomic mass is 35.5. The van der Waals surface area contributed by atoms with Crippen LogP contribution in [-0.4, -0.2) is 0 Å².